The van der Waals surface area contributed by atoms with Crippen LogP contribution in [0.15, 0.2) is 36.5 Å². The minimum atomic E-state index is -2.32. The Kier molecular flexibility index (Phi) is 4.51. The van der Waals surface area contributed by atoms with Gasteiger partial charge in [0, 0.05) is 28.9 Å². The summed E-state index contributed by atoms with van der Waals surface area (Å²) in [5, 5.41) is 13.1. The van der Waals surface area contributed by atoms with Gasteiger partial charge >= 0.3 is 0 Å². The van der Waals surface area contributed by atoms with E-state index in [0.717, 1.165) is 6.07 Å². The summed E-state index contributed by atoms with van der Waals surface area (Å²) >= 11 is 5.69. The van der Waals surface area contributed by atoms with Crippen LogP contribution in [-0.4, -0.2) is 16.0 Å². The minimum Gasteiger partial charge on any atom is -0.384 e. The molecule has 0 bridgehead atoms. The van der Waals surface area contributed by atoms with Crippen LogP contribution in [0.5, 0.6) is 0 Å². The minimum absolute atomic E-state index is 0.0420. The average Bonchev–Trinajstić information content (AvgIpc) is 2.58. The lowest BCUT2D eigenvalue weighted by Crippen LogP contribution is -2.47. The van der Waals surface area contributed by atoms with Gasteiger partial charge in [-0.3, -0.25) is 9.78 Å². The predicted molar refractivity (Wildman–Crippen MR) is 89.1 cm³/mol. The van der Waals surface area contributed by atoms with E-state index in [9.17, 15) is 14.3 Å². The van der Waals surface area contributed by atoms with Gasteiger partial charge in [0.05, 0.1) is 5.69 Å². The lowest BCUT2D eigenvalue weighted by molar-refractivity contribution is -0.136. The number of rotatable bonds is 3. The Morgan fingerprint density at radius 2 is 2.16 bits per heavy atom. The third-order valence-electron chi connectivity index (χ3n) is 4.52. The summed E-state index contributed by atoms with van der Waals surface area (Å²) in [6, 6.07) is 7.02. The summed E-state index contributed by atoms with van der Waals surface area (Å²) in [5.41, 5.74) is -3.23. The number of hydrogen-bond donors (Lipinski definition) is 2. The van der Waals surface area contributed by atoms with Crippen LogP contribution < -0.4 is 5.32 Å². The van der Waals surface area contributed by atoms with E-state index >= 15 is 4.39 Å². The fourth-order valence-corrected chi connectivity index (χ4v) is 3.20. The van der Waals surface area contributed by atoms with Gasteiger partial charge in [0.2, 0.25) is 5.67 Å². The molecule has 0 fully saturated rings. The summed E-state index contributed by atoms with van der Waals surface area (Å²) in [5.74, 6) is -1.46. The van der Waals surface area contributed by atoms with Gasteiger partial charge in [-0.05, 0) is 38.0 Å². The molecular weight excluding hydrogens is 350 g/mol. The number of nitrogens with zero attached hydrogens (tertiary/aromatic N) is 1. The van der Waals surface area contributed by atoms with Crippen LogP contribution in [0.25, 0.3) is 0 Å². The standard InChI is InChI=1S/C18H17ClF2N2O2/c1-17(25)6-7-18(21,13-3-2-8-22-15(13)17)16(24)23-10-11-4-5-12(19)9-14(11)20/h2-5,8-9,25H,6-7,10H2,1H3,(H,23,24)/t17-,18-/m0/s1. The van der Waals surface area contributed by atoms with E-state index in [-0.39, 0.29) is 41.2 Å². The number of fused-ring (bicyclic) bond motifs is 1. The van der Waals surface area contributed by atoms with Gasteiger partial charge in [-0.15, -0.1) is 0 Å². The second-order valence-corrected chi connectivity index (χ2v) is 6.83. The quantitative estimate of drug-likeness (QED) is 0.875. The molecular formula is C18H17ClF2N2O2. The van der Waals surface area contributed by atoms with E-state index in [0.29, 0.717) is 0 Å². The maximum absolute atomic E-state index is 15.5. The molecule has 2 atom stereocenters. The monoisotopic (exact) mass is 366 g/mol. The van der Waals surface area contributed by atoms with Crippen molar-refractivity contribution >= 4 is 17.5 Å². The first-order chi connectivity index (χ1) is 11.7. The molecule has 0 saturated heterocycles. The van der Waals surface area contributed by atoms with E-state index in [4.69, 9.17) is 11.6 Å². The lowest BCUT2D eigenvalue weighted by Gasteiger charge is -2.37. The van der Waals surface area contributed by atoms with Gasteiger partial charge in [0.15, 0.2) is 0 Å². The second kappa shape index (κ2) is 6.35. The Morgan fingerprint density at radius 3 is 2.88 bits per heavy atom. The smallest absolute Gasteiger partial charge is 0.262 e. The molecule has 1 amide bonds. The van der Waals surface area contributed by atoms with Gasteiger partial charge in [-0.1, -0.05) is 23.7 Å². The largest absolute Gasteiger partial charge is 0.384 e. The fraction of sp³-hybridized carbons (Fsp3) is 0.333. The Hall–Kier alpha value is -2.05. The SMILES string of the molecule is C[C@]1(O)CC[C@@](F)(C(=O)NCc2ccc(Cl)cc2F)c2cccnc21. The van der Waals surface area contributed by atoms with Crippen molar-refractivity contribution in [1.29, 1.82) is 0 Å². The topological polar surface area (TPSA) is 62.2 Å². The van der Waals surface area contributed by atoms with E-state index in [1.54, 1.807) is 6.92 Å². The fourth-order valence-electron chi connectivity index (χ4n) is 3.04. The number of benzene rings is 1. The van der Waals surface area contributed by atoms with Gasteiger partial charge in [-0.2, -0.15) is 0 Å². The first kappa shape index (κ1) is 17.8. The molecule has 1 aliphatic carbocycles. The van der Waals surface area contributed by atoms with Gasteiger partial charge in [0.25, 0.3) is 5.91 Å². The highest BCUT2D eigenvalue weighted by molar-refractivity contribution is 6.30. The number of halogens is 3. The Labute approximate surface area is 148 Å². The van der Waals surface area contributed by atoms with Gasteiger partial charge < -0.3 is 10.4 Å². The zero-order chi connectivity index (χ0) is 18.2. The van der Waals surface area contributed by atoms with E-state index in [2.05, 4.69) is 10.3 Å². The van der Waals surface area contributed by atoms with Crippen LogP contribution in [0.3, 0.4) is 0 Å². The number of alkyl halides is 1. The molecule has 7 heteroatoms. The van der Waals surface area contributed by atoms with Crippen molar-refractivity contribution in [1.82, 2.24) is 10.3 Å². The molecule has 4 nitrogen and oxygen atoms in total. The highest BCUT2D eigenvalue weighted by atomic mass is 35.5. The number of carbonyl (C=O) groups excluding carboxylic acids is 1. The summed E-state index contributed by atoms with van der Waals surface area (Å²) in [7, 11) is 0. The van der Waals surface area contributed by atoms with Crippen molar-refractivity contribution in [2.45, 2.75) is 37.6 Å². The van der Waals surface area contributed by atoms with Crippen LogP contribution >= 0.6 is 11.6 Å². The third-order valence-corrected chi connectivity index (χ3v) is 4.75. The number of aromatic nitrogens is 1. The zero-order valence-electron chi connectivity index (χ0n) is 13.5. The molecule has 2 aromatic rings. The maximum atomic E-state index is 15.5. The van der Waals surface area contributed by atoms with Crippen molar-refractivity contribution < 1.29 is 18.7 Å². The predicted octanol–water partition coefficient (Wildman–Crippen LogP) is 3.36. The van der Waals surface area contributed by atoms with Crippen molar-refractivity contribution in [2.75, 3.05) is 0 Å². The molecule has 0 unspecified atom stereocenters. The number of pyridine rings is 1. The number of hydrogen-bond acceptors (Lipinski definition) is 3. The van der Waals surface area contributed by atoms with Crippen LogP contribution in [0.1, 0.15) is 36.6 Å². The summed E-state index contributed by atoms with van der Waals surface area (Å²) in [4.78, 5) is 16.5. The molecule has 1 aliphatic rings. The molecule has 3 rings (SSSR count). The second-order valence-electron chi connectivity index (χ2n) is 6.39. The van der Waals surface area contributed by atoms with E-state index < -0.39 is 23.0 Å². The van der Waals surface area contributed by atoms with Crippen LogP contribution in [-0.2, 0) is 22.6 Å². The molecule has 132 valence electrons. The molecule has 1 heterocycles. The molecule has 0 saturated carbocycles. The van der Waals surface area contributed by atoms with Crippen LogP contribution in [0, 0.1) is 5.82 Å². The highest BCUT2D eigenvalue weighted by Gasteiger charge is 2.50. The summed E-state index contributed by atoms with van der Waals surface area (Å²) in [6.45, 7) is 1.37. The van der Waals surface area contributed by atoms with Gasteiger partial charge in [0.1, 0.15) is 11.4 Å². The van der Waals surface area contributed by atoms with Crippen molar-refractivity contribution in [3.63, 3.8) is 0 Å². The summed E-state index contributed by atoms with van der Waals surface area (Å²) in [6.07, 6.45) is 1.31. The first-order valence-electron chi connectivity index (χ1n) is 7.83. The number of aliphatic hydroxyl groups is 1. The third kappa shape index (κ3) is 3.24. The molecule has 2 N–H and O–H groups in total. The van der Waals surface area contributed by atoms with Crippen molar-refractivity contribution in [3.05, 3.63) is 64.2 Å². The molecule has 1 aromatic heterocycles. The molecule has 0 spiro atoms. The van der Waals surface area contributed by atoms with Crippen molar-refractivity contribution in [2.24, 2.45) is 0 Å². The zero-order valence-corrected chi connectivity index (χ0v) is 14.3. The number of nitrogens with one attached hydrogen (secondary N) is 1. The number of carbonyl (C=O) groups is 1. The van der Waals surface area contributed by atoms with Crippen LogP contribution in [0.4, 0.5) is 8.78 Å². The van der Waals surface area contributed by atoms with Gasteiger partial charge in [-0.25, -0.2) is 8.78 Å². The van der Waals surface area contributed by atoms with E-state index in [1.807, 2.05) is 0 Å². The Balaban J connectivity index is 1.84. The average molecular weight is 367 g/mol. The summed E-state index contributed by atoms with van der Waals surface area (Å²) < 4.78 is 29.3. The normalized spacial score (nSPS) is 25.3. The highest BCUT2D eigenvalue weighted by Crippen LogP contribution is 2.45. The molecule has 25 heavy (non-hydrogen) atoms. The maximum Gasteiger partial charge on any atom is 0.262 e. The molecule has 0 aliphatic heterocycles. The van der Waals surface area contributed by atoms with E-state index in [1.165, 1.54) is 30.5 Å². The lowest BCUT2D eigenvalue weighted by atomic mass is 9.75. The first-order valence-corrected chi connectivity index (χ1v) is 8.21. The Bertz CT molecular complexity index is 828. The van der Waals surface area contributed by atoms with Crippen LogP contribution in [0.2, 0.25) is 5.02 Å². The van der Waals surface area contributed by atoms with Crippen molar-refractivity contribution in [3.8, 4) is 0 Å². The number of amides is 1. The Morgan fingerprint density at radius 1 is 1.40 bits per heavy atom. The molecule has 0 radical (unpaired) electrons. The molecule has 1 aromatic carbocycles.